The first-order valence-electron chi connectivity index (χ1n) is 7.88. The van der Waals surface area contributed by atoms with Gasteiger partial charge in [0.15, 0.2) is 9.84 Å². The minimum absolute atomic E-state index is 0.199. The van der Waals surface area contributed by atoms with Gasteiger partial charge in [0.25, 0.3) is 0 Å². The largest absolute Gasteiger partial charge is 0.392 e. The molecule has 5 nitrogen and oxygen atoms in total. The molecule has 0 radical (unpaired) electrons. The third kappa shape index (κ3) is 5.35. The number of rotatable bonds is 7. The molecule has 2 rings (SSSR count). The molecule has 22 heavy (non-hydrogen) atoms. The maximum absolute atomic E-state index is 12.2. The SMILES string of the molecule is C[C@@H](O)CN1CCN(CCCS(=O)(=O)c2ccccc2)CC1. The summed E-state index contributed by atoms with van der Waals surface area (Å²) < 4.78 is 24.4. The van der Waals surface area contributed by atoms with Crippen LogP contribution in [0.15, 0.2) is 35.2 Å². The molecule has 0 amide bonds. The van der Waals surface area contributed by atoms with Gasteiger partial charge in [-0.3, -0.25) is 4.90 Å². The molecule has 0 aliphatic carbocycles. The standard InChI is InChI=1S/C16H26N2O3S/c1-15(19)14-18-11-9-17(10-12-18)8-5-13-22(20,21)16-6-3-2-4-7-16/h2-4,6-7,15,19H,5,8-14H2,1H3/t15-/m1/s1. The van der Waals surface area contributed by atoms with Crippen LogP contribution in [0.4, 0.5) is 0 Å². The van der Waals surface area contributed by atoms with Gasteiger partial charge < -0.3 is 10.0 Å². The summed E-state index contributed by atoms with van der Waals surface area (Å²) in [6.45, 7) is 7.11. The van der Waals surface area contributed by atoms with E-state index in [1.807, 2.05) is 6.07 Å². The average Bonchev–Trinajstić information content (AvgIpc) is 2.49. The topological polar surface area (TPSA) is 60.9 Å². The van der Waals surface area contributed by atoms with Crippen molar-refractivity contribution in [1.29, 1.82) is 0 Å². The van der Waals surface area contributed by atoms with Crippen molar-refractivity contribution in [1.82, 2.24) is 9.80 Å². The maximum Gasteiger partial charge on any atom is 0.178 e. The molecule has 0 unspecified atom stereocenters. The van der Waals surface area contributed by atoms with E-state index < -0.39 is 9.84 Å². The van der Waals surface area contributed by atoms with Crippen LogP contribution < -0.4 is 0 Å². The Hall–Kier alpha value is -0.950. The Bertz CT molecular complexity index is 538. The number of sulfone groups is 1. The lowest BCUT2D eigenvalue weighted by atomic mass is 10.2. The Morgan fingerprint density at radius 1 is 1.09 bits per heavy atom. The minimum atomic E-state index is -3.16. The molecule has 1 aromatic carbocycles. The van der Waals surface area contributed by atoms with Crippen LogP contribution in [-0.2, 0) is 9.84 Å². The summed E-state index contributed by atoms with van der Waals surface area (Å²) in [5.41, 5.74) is 0. The Morgan fingerprint density at radius 3 is 2.27 bits per heavy atom. The number of hydrogen-bond acceptors (Lipinski definition) is 5. The normalized spacial score (nSPS) is 19.2. The van der Waals surface area contributed by atoms with E-state index in [1.54, 1.807) is 31.2 Å². The van der Waals surface area contributed by atoms with Crippen LogP contribution in [0.1, 0.15) is 13.3 Å². The van der Waals surface area contributed by atoms with Crippen molar-refractivity contribution in [2.75, 3.05) is 45.0 Å². The van der Waals surface area contributed by atoms with Gasteiger partial charge in [-0.15, -0.1) is 0 Å². The Morgan fingerprint density at radius 2 is 1.68 bits per heavy atom. The highest BCUT2D eigenvalue weighted by molar-refractivity contribution is 7.91. The van der Waals surface area contributed by atoms with Crippen molar-refractivity contribution in [3.05, 3.63) is 30.3 Å². The molecular weight excluding hydrogens is 300 g/mol. The molecule has 0 bridgehead atoms. The lowest BCUT2D eigenvalue weighted by Crippen LogP contribution is -2.48. The summed E-state index contributed by atoms with van der Waals surface area (Å²) in [6.07, 6.45) is 0.371. The van der Waals surface area contributed by atoms with E-state index >= 15 is 0 Å². The monoisotopic (exact) mass is 326 g/mol. The van der Waals surface area contributed by atoms with Crippen molar-refractivity contribution >= 4 is 9.84 Å². The molecule has 0 saturated carbocycles. The molecular formula is C16H26N2O3S. The summed E-state index contributed by atoms with van der Waals surface area (Å²) in [6, 6.07) is 8.66. The van der Waals surface area contributed by atoms with E-state index in [0.717, 1.165) is 39.3 Å². The first-order valence-corrected chi connectivity index (χ1v) is 9.53. The van der Waals surface area contributed by atoms with Gasteiger partial charge in [0, 0.05) is 32.7 Å². The number of hydrogen-bond donors (Lipinski definition) is 1. The summed E-state index contributed by atoms with van der Waals surface area (Å²) in [5, 5.41) is 9.39. The molecule has 6 heteroatoms. The Labute approximate surface area is 133 Å². The number of benzene rings is 1. The second-order valence-corrected chi connectivity index (χ2v) is 8.09. The quantitative estimate of drug-likeness (QED) is 0.805. The first-order chi connectivity index (χ1) is 10.5. The van der Waals surface area contributed by atoms with Gasteiger partial charge >= 0.3 is 0 Å². The molecule has 1 aromatic rings. The van der Waals surface area contributed by atoms with Crippen molar-refractivity contribution in [2.45, 2.75) is 24.3 Å². The van der Waals surface area contributed by atoms with E-state index in [1.165, 1.54) is 0 Å². The number of β-amino-alcohol motifs (C(OH)–C–C–N with tert-alkyl or cyclic N) is 1. The van der Waals surface area contributed by atoms with Gasteiger partial charge in [0.2, 0.25) is 0 Å². The van der Waals surface area contributed by atoms with Crippen LogP contribution in [0.3, 0.4) is 0 Å². The average molecular weight is 326 g/mol. The Balaban J connectivity index is 1.72. The van der Waals surface area contributed by atoms with Crippen LogP contribution in [-0.4, -0.2) is 74.4 Å². The van der Waals surface area contributed by atoms with Crippen LogP contribution in [0.5, 0.6) is 0 Å². The molecule has 1 aliphatic rings. The van der Waals surface area contributed by atoms with Gasteiger partial charge in [-0.2, -0.15) is 0 Å². The zero-order chi connectivity index (χ0) is 16.0. The molecule has 0 aromatic heterocycles. The molecule has 1 fully saturated rings. The van der Waals surface area contributed by atoms with Gasteiger partial charge in [0.1, 0.15) is 0 Å². The summed E-state index contributed by atoms with van der Waals surface area (Å²) in [5.74, 6) is 0.199. The summed E-state index contributed by atoms with van der Waals surface area (Å²) >= 11 is 0. The molecule has 1 atom stereocenters. The zero-order valence-corrected chi connectivity index (χ0v) is 14.0. The van der Waals surface area contributed by atoms with Gasteiger partial charge in [-0.25, -0.2) is 8.42 Å². The fourth-order valence-corrected chi connectivity index (χ4v) is 4.11. The number of aliphatic hydroxyl groups is 1. The second-order valence-electron chi connectivity index (χ2n) is 5.98. The van der Waals surface area contributed by atoms with Crippen LogP contribution in [0.2, 0.25) is 0 Å². The van der Waals surface area contributed by atoms with Gasteiger partial charge in [-0.1, -0.05) is 18.2 Å². The van der Waals surface area contributed by atoms with E-state index in [2.05, 4.69) is 9.80 Å². The fraction of sp³-hybridized carbons (Fsp3) is 0.625. The molecule has 1 heterocycles. The van der Waals surface area contributed by atoms with Crippen molar-refractivity contribution in [2.24, 2.45) is 0 Å². The smallest absolute Gasteiger partial charge is 0.178 e. The predicted molar refractivity (Wildman–Crippen MR) is 87.7 cm³/mol. The maximum atomic E-state index is 12.2. The molecule has 1 saturated heterocycles. The molecule has 124 valence electrons. The molecule has 1 N–H and O–H groups in total. The minimum Gasteiger partial charge on any atom is -0.392 e. The van der Waals surface area contributed by atoms with Crippen LogP contribution >= 0.6 is 0 Å². The summed E-state index contributed by atoms with van der Waals surface area (Å²) in [7, 11) is -3.16. The molecule has 0 spiro atoms. The van der Waals surface area contributed by atoms with E-state index in [0.29, 0.717) is 11.3 Å². The van der Waals surface area contributed by atoms with Crippen molar-refractivity contribution < 1.29 is 13.5 Å². The predicted octanol–water partition coefficient (Wildman–Crippen LogP) is 0.849. The third-order valence-electron chi connectivity index (χ3n) is 3.98. The second kappa shape index (κ2) is 8.06. The third-order valence-corrected chi connectivity index (χ3v) is 5.79. The summed E-state index contributed by atoms with van der Waals surface area (Å²) in [4.78, 5) is 4.97. The highest BCUT2D eigenvalue weighted by Gasteiger charge is 2.19. The van der Waals surface area contributed by atoms with Crippen LogP contribution in [0.25, 0.3) is 0 Å². The first kappa shape index (κ1) is 17.4. The van der Waals surface area contributed by atoms with Gasteiger partial charge in [-0.05, 0) is 32.0 Å². The van der Waals surface area contributed by atoms with Crippen molar-refractivity contribution in [3.63, 3.8) is 0 Å². The number of piperazine rings is 1. The number of nitrogens with zero attached hydrogens (tertiary/aromatic N) is 2. The highest BCUT2D eigenvalue weighted by atomic mass is 32.2. The lowest BCUT2D eigenvalue weighted by molar-refractivity contribution is 0.0810. The zero-order valence-electron chi connectivity index (χ0n) is 13.2. The fourth-order valence-electron chi connectivity index (χ4n) is 2.79. The Kier molecular flexibility index (Phi) is 6.37. The van der Waals surface area contributed by atoms with E-state index in [9.17, 15) is 13.5 Å². The van der Waals surface area contributed by atoms with E-state index in [-0.39, 0.29) is 11.9 Å². The molecule has 1 aliphatic heterocycles. The van der Waals surface area contributed by atoms with E-state index in [4.69, 9.17) is 0 Å². The van der Waals surface area contributed by atoms with Crippen LogP contribution in [0, 0.1) is 0 Å². The number of aliphatic hydroxyl groups excluding tert-OH is 1. The lowest BCUT2D eigenvalue weighted by Gasteiger charge is -2.35. The highest BCUT2D eigenvalue weighted by Crippen LogP contribution is 2.12. The van der Waals surface area contributed by atoms with Gasteiger partial charge in [0.05, 0.1) is 16.8 Å². The van der Waals surface area contributed by atoms with Crippen molar-refractivity contribution in [3.8, 4) is 0 Å².